The van der Waals surface area contributed by atoms with E-state index in [0.717, 1.165) is 11.8 Å². The Morgan fingerprint density at radius 1 is 0.957 bits per heavy atom. The minimum absolute atomic E-state index is 0.605. The lowest BCUT2D eigenvalue weighted by Gasteiger charge is -2.34. The zero-order valence-electron chi connectivity index (χ0n) is 14.6. The van der Waals surface area contributed by atoms with Crippen LogP contribution in [0.2, 0.25) is 0 Å². The lowest BCUT2D eigenvalue weighted by Crippen LogP contribution is -3.13. The third kappa shape index (κ3) is 2.52. The van der Waals surface area contributed by atoms with Crippen molar-refractivity contribution in [1.82, 2.24) is 0 Å². The van der Waals surface area contributed by atoms with Gasteiger partial charge in [0.15, 0.2) is 0 Å². The summed E-state index contributed by atoms with van der Waals surface area (Å²) in [5.41, 5.74) is 7.53. The van der Waals surface area contributed by atoms with Gasteiger partial charge in [0.05, 0.1) is 19.6 Å². The van der Waals surface area contributed by atoms with Crippen molar-refractivity contribution in [3.63, 3.8) is 0 Å². The molecule has 1 fully saturated rings. The second-order valence-corrected chi connectivity index (χ2v) is 7.64. The average Bonchev–Trinajstić information content (AvgIpc) is 2.88. The van der Waals surface area contributed by atoms with Crippen molar-refractivity contribution >= 4 is 0 Å². The fourth-order valence-electron chi connectivity index (χ4n) is 4.93. The Morgan fingerprint density at radius 2 is 1.70 bits per heavy atom. The van der Waals surface area contributed by atoms with Crippen molar-refractivity contribution in [2.45, 2.75) is 39.0 Å². The molecule has 0 aromatic heterocycles. The topological polar surface area (TPSA) is 4.44 Å². The van der Waals surface area contributed by atoms with Gasteiger partial charge in [-0.05, 0) is 43.4 Å². The second-order valence-electron chi connectivity index (χ2n) is 7.64. The highest BCUT2D eigenvalue weighted by Gasteiger charge is 2.45. The van der Waals surface area contributed by atoms with Crippen LogP contribution in [0.15, 0.2) is 42.5 Å². The molecule has 1 heteroatoms. The first-order valence-electron chi connectivity index (χ1n) is 9.18. The normalized spacial score (nSPS) is 29.2. The first kappa shape index (κ1) is 15.0. The van der Waals surface area contributed by atoms with E-state index in [4.69, 9.17) is 0 Å². The molecule has 4 rings (SSSR count). The molecule has 0 bridgehead atoms. The smallest absolute Gasteiger partial charge is 0.0843 e. The summed E-state index contributed by atoms with van der Waals surface area (Å²) in [7, 11) is 0. The highest BCUT2D eigenvalue weighted by molar-refractivity contribution is 5.48. The fraction of sp³-hybridized carbons (Fsp3) is 0.455. The molecule has 1 aliphatic carbocycles. The Bertz CT molecular complexity index is 700. The first-order valence-corrected chi connectivity index (χ1v) is 9.18. The quantitative estimate of drug-likeness (QED) is 0.867. The summed E-state index contributed by atoms with van der Waals surface area (Å²) in [6.45, 7) is 10.7. The van der Waals surface area contributed by atoms with Gasteiger partial charge in [0.1, 0.15) is 0 Å². The van der Waals surface area contributed by atoms with Crippen molar-refractivity contribution in [2.75, 3.05) is 19.6 Å². The van der Waals surface area contributed by atoms with Crippen molar-refractivity contribution in [3.8, 4) is 0 Å². The van der Waals surface area contributed by atoms with E-state index in [1.165, 1.54) is 42.7 Å². The van der Waals surface area contributed by atoms with Crippen molar-refractivity contribution in [2.24, 2.45) is 5.92 Å². The Balaban J connectivity index is 1.80. The summed E-state index contributed by atoms with van der Waals surface area (Å²) in [6, 6.07) is 16.5. The highest BCUT2D eigenvalue weighted by Crippen LogP contribution is 2.51. The van der Waals surface area contributed by atoms with Crippen molar-refractivity contribution < 1.29 is 4.90 Å². The van der Waals surface area contributed by atoms with Gasteiger partial charge in [-0.2, -0.15) is 0 Å². The number of fused-ring (bicyclic) bond motifs is 3. The largest absolute Gasteiger partial charge is 0.335 e. The molecule has 1 unspecified atom stereocenters. The van der Waals surface area contributed by atoms with Gasteiger partial charge in [0, 0.05) is 18.3 Å². The molecule has 120 valence electrons. The van der Waals surface area contributed by atoms with Crippen LogP contribution in [0.4, 0.5) is 0 Å². The minimum Gasteiger partial charge on any atom is -0.335 e. The number of rotatable bonds is 2. The van der Waals surface area contributed by atoms with E-state index in [2.05, 4.69) is 63.2 Å². The number of likely N-dealkylation sites (tertiary alicyclic amines) is 1. The molecule has 0 radical (unpaired) electrons. The Labute approximate surface area is 140 Å². The van der Waals surface area contributed by atoms with Crippen LogP contribution in [0.1, 0.15) is 53.0 Å². The molecular formula is C22H28N+. The van der Waals surface area contributed by atoms with Gasteiger partial charge in [-0.15, -0.1) is 0 Å². The number of quaternary nitrogens is 1. The van der Waals surface area contributed by atoms with Crippen molar-refractivity contribution in [3.05, 3.63) is 70.3 Å². The second kappa shape index (κ2) is 5.79. The Morgan fingerprint density at radius 3 is 2.43 bits per heavy atom. The third-order valence-electron chi connectivity index (χ3n) is 6.20. The van der Waals surface area contributed by atoms with Crippen molar-refractivity contribution in [1.29, 1.82) is 0 Å². The molecule has 0 amide bonds. The molecule has 2 aromatic rings. The fourth-order valence-corrected chi connectivity index (χ4v) is 4.93. The van der Waals surface area contributed by atoms with E-state index >= 15 is 0 Å². The highest BCUT2D eigenvalue weighted by atomic mass is 15.1. The zero-order chi connectivity index (χ0) is 16.0. The number of piperidine rings is 1. The number of hydrogen-bond acceptors (Lipinski definition) is 0. The van der Waals surface area contributed by atoms with Gasteiger partial charge < -0.3 is 4.90 Å². The summed E-state index contributed by atoms with van der Waals surface area (Å²) in [6.07, 6.45) is 1.36. The Kier molecular flexibility index (Phi) is 3.77. The number of nitrogens with one attached hydrogen (secondary N) is 1. The van der Waals surface area contributed by atoms with Crippen LogP contribution >= 0.6 is 0 Å². The molecule has 2 aromatic carbocycles. The number of likely N-dealkylation sites (N-methyl/N-ethyl adjacent to an activating group) is 1. The van der Waals surface area contributed by atoms with Gasteiger partial charge in [-0.25, -0.2) is 0 Å². The van der Waals surface area contributed by atoms with E-state index in [1.807, 2.05) is 0 Å². The number of hydrogen-bond donors (Lipinski definition) is 1. The van der Waals surface area contributed by atoms with E-state index in [9.17, 15) is 0 Å². The summed E-state index contributed by atoms with van der Waals surface area (Å²) in [5, 5.41) is 0. The molecule has 1 nitrogen and oxygen atoms in total. The molecule has 2 aliphatic rings. The molecule has 4 atom stereocenters. The number of aryl methyl sites for hydroxylation is 2. The molecule has 1 aliphatic heterocycles. The maximum atomic E-state index is 2.46. The van der Waals surface area contributed by atoms with Gasteiger partial charge >= 0.3 is 0 Å². The number of benzene rings is 2. The Hall–Kier alpha value is -1.60. The molecule has 23 heavy (non-hydrogen) atoms. The SMILES string of the molecule is CC[NH+]1CC[C@H]2[C@H](c3ccc(C)cc3)c3cc(C)ccc3[C@H]2C1. The maximum Gasteiger partial charge on any atom is 0.0843 e. The molecule has 1 N–H and O–H groups in total. The summed E-state index contributed by atoms with van der Waals surface area (Å²) in [5.74, 6) is 2.15. The molecule has 0 spiro atoms. The summed E-state index contributed by atoms with van der Waals surface area (Å²) < 4.78 is 0. The zero-order valence-corrected chi connectivity index (χ0v) is 14.6. The van der Waals surface area contributed by atoms with Gasteiger partial charge in [-0.1, -0.05) is 53.6 Å². The summed E-state index contributed by atoms with van der Waals surface area (Å²) in [4.78, 5) is 1.78. The molecule has 1 heterocycles. The van der Waals surface area contributed by atoms with E-state index in [-0.39, 0.29) is 0 Å². The standard InChI is InChI=1S/C22H27N/c1-4-23-12-11-19-21(14-23)18-10-7-16(3)13-20(18)22(19)17-8-5-15(2)6-9-17/h5-10,13,19,21-22H,4,11-12,14H2,1-3H3/p+1/t19-,21-,22+/m1/s1. The molecule has 0 saturated carbocycles. The third-order valence-corrected chi connectivity index (χ3v) is 6.20. The van der Waals surface area contributed by atoms with Crippen LogP contribution in [-0.2, 0) is 0 Å². The van der Waals surface area contributed by atoms with E-state index in [0.29, 0.717) is 5.92 Å². The van der Waals surface area contributed by atoms with Crippen LogP contribution in [0.25, 0.3) is 0 Å². The van der Waals surface area contributed by atoms with Crippen LogP contribution < -0.4 is 4.90 Å². The lowest BCUT2D eigenvalue weighted by molar-refractivity contribution is -0.905. The predicted octanol–water partition coefficient (Wildman–Crippen LogP) is 3.46. The minimum atomic E-state index is 0.605. The maximum absolute atomic E-state index is 2.46. The lowest BCUT2D eigenvalue weighted by atomic mass is 9.78. The van der Waals surface area contributed by atoms with E-state index in [1.54, 1.807) is 16.0 Å². The van der Waals surface area contributed by atoms with Gasteiger partial charge in [0.25, 0.3) is 0 Å². The molecular weight excluding hydrogens is 278 g/mol. The van der Waals surface area contributed by atoms with Crippen LogP contribution in [-0.4, -0.2) is 19.6 Å². The van der Waals surface area contributed by atoms with Gasteiger partial charge in [-0.3, -0.25) is 0 Å². The van der Waals surface area contributed by atoms with Gasteiger partial charge in [0.2, 0.25) is 0 Å². The first-order chi connectivity index (χ1) is 11.2. The summed E-state index contributed by atoms with van der Waals surface area (Å²) >= 11 is 0. The van der Waals surface area contributed by atoms with Crippen LogP contribution in [0.5, 0.6) is 0 Å². The molecule has 1 saturated heterocycles. The average molecular weight is 306 g/mol. The van der Waals surface area contributed by atoms with Crippen LogP contribution in [0.3, 0.4) is 0 Å². The van der Waals surface area contributed by atoms with Crippen LogP contribution in [0, 0.1) is 19.8 Å². The predicted molar refractivity (Wildman–Crippen MR) is 96.3 cm³/mol. The monoisotopic (exact) mass is 306 g/mol. The van der Waals surface area contributed by atoms with E-state index < -0.39 is 0 Å².